The van der Waals surface area contributed by atoms with Crippen molar-refractivity contribution < 1.29 is 4.79 Å². The zero-order valence-electron chi connectivity index (χ0n) is 18.0. The second kappa shape index (κ2) is 8.54. The zero-order valence-corrected chi connectivity index (χ0v) is 18.0. The predicted molar refractivity (Wildman–Crippen MR) is 124 cm³/mol. The lowest BCUT2D eigenvalue weighted by Gasteiger charge is -2.34. The number of rotatable bonds is 4. The minimum Gasteiger partial charge on any atom is -0.371 e. The second-order valence-corrected chi connectivity index (χ2v) is 8.86. The van der Waals surface area contributed by atoms with Crippen molar-refractivity contribution in [2.45, 2.75) is 50.6 Å². The van der Waals surface area contributed by atoms with E-state index < -0.39 is 0 Å². The molecule has 0 unspecified atom stereocenters. The first-order chi connectivity index (χ1) is 15.6. The molecule has 1 saturated heterocycles. The maximum absolute atomic E-state index is 12.9. The predicted octanol–water partition coefficient (Wildman–Crippen LogP) is 3.72. The first-order valence-corrected chi connectivity index (χ1v) is 11.4. The minimum atomic E-state index is -0.0989. The van der Waals surface area contributed by atoms with E-state index in [1.807, 2.05) is 41.0 Å². The van der Waals surface area contributed by atoms with Crippen molar-refractivity contribution in [2.24, 2.45) is 0 Å². The molecule has 1 aliphatic heterocycles. The molecule has 32 heavy (non-hydrogen) atoms. The van der Waals surface area contributed by atoms with Gasteiger partial charge in [0.2, 0.25) is 0 Å². The fraction of sp³-hybridized carbons (Fsp3) is 0.400. The lowest BCUT2D eigenvalue weighted by Crippen LogP contribution is -2.44. The van der Waals surface area contributed by atoms with E-state index in [1.165, 1.54) is 0 Å². The average molecular weight is 430 g/mol. The highest BCUT2D eigenvalue weighted by Crippen LogP contribution is 2.30. The Morgan fingerprint density at radius 2 is 1.75 bits per heavy atom. The van der Waals surface area contributed by atoms with Crippen LogP contribution in [0, 0.1) is 11.3 Å². The number of imidazole rings is 1. The van der Waals surface area contributed by atoms with Crippen LogP contribution in [0.25, 0.3) is 11.0 Å². The summed E-state index contributed by atoms with van der Waals surface area (Å²) in [5, 5.41) is 12.1. The number of nitrogens with one attached hydrogen (secondary N) is 2. The van der Waals surface area contributed by atoms with Gasteiger partial charge in [-0.2, -0.15) is 5.26 Å². The molecule has 7 nitrogen and oxygen atoms in total. The van der Waals surface area contributed by atoms with Crippen LogP contribution in [0.5, 0.6) is 0 Å². The van der Waals surface area contributed by atoms with Gasteiger partial charge >= 0.3 is 5.69 Å². The number of hydrogen-bond acceptors (Lipinski definition) is 4. The molecule has 1 aromatic heterocycles. The van der Waals surface area contributed by atoms with Crippen LogP contribution < -0.4 is 15.9 Å². The van der Waals surface area contributed by atoms with E-state index in [9.17, 15) is 9.59 Å². The molecule has 3 aromatic rings. The largest absolute Gasteiger partial charge is 0.371 e. The monoisotopic (exact) mass is 429 g/mol. The first kappa shape index (κ1) is 20.4. The van der Waals surface area contributed by atoms with E-state index in [2.05, 4.69) is 21.3 Å². The number of nitriles is 1. The summed E-state index contributed by atoms with van der Waals surface area (Å²) in [6, 6.07) is 15.7. The molecule has 164 valence electrons. The lowest BCUT2D eigenvalue weighted by atomic mass is 10.0. The van der Waals surface area contributed by atoms with Crippen molar-refractivity contribution in [3.8, 4) is 6.07 Å². The molecule has 1 amide bonds. The summed E-state index contributed by atoms with van der Waals surface area (Å²) in [4.78, 5) is 30.6. The molecule has 0 spiro atoms. The number of amides is 1. The Labute approximate surface area is 186 Å². The van der Waals surface area contributed by atoms with Crippen molar-refractivity contribution in [3.05, 3.63) is 64.1 Å². The highest BCUT2D eigenvalue weighted by Gasteiger charge is 2.23. The van der Waals surface area contributed by atoms with E-state index in [-0.39, 0.29) is 23.7 Å². The van der Waals surface area contributed by atoms with Crippen LogP contribution in [0.4, 0.5) is 5.69 Å². The maximum Gasteiger partial charge on any atom is 0.326 e. The number of H-pyrrole nitrogens is 1. The van der Waals surface area contributed by atoms with Crippen molar-refractivity contribution in [3.63, 3.8) is 0 Å². The molecular formula is C25H27N5O2. The number of hydrogen-bond donors (Lipinski definition) is 2. The van der Waals surface area contributed by atoms with Gasteiger partial charge in [-0.3, -0.25) is 9.36 Å². The minimum absolute atomic E-state index is 0.0837. The summed E-state index contributed by atoms with van der Waals surface area (Å²) in [7, 11) is 0. The summed E-state index contributed by atoms with van der Waals surface area (Å²) in [5.41, 5.74) is 3.87. The Kier molecular flexibility index (Phi) is 5.44. The van der Waals surface area contributed by atoms with Gasteiger partial charge in [-0.15, -0.1) is 0 Å². The van der Waals surface area contributed by atoms with Gasteiger partial charge < -0.3 is 15.2 Å². The van der Waals surface area contributed by atoms with Gasteiger partial charge in [0.25, 0.3) is 5.91 Å². The fourth-order valence-corrected chi connectivity index (χ4v) is 5.09. The maximum atomic E-state index is 12.9. The third-order valence-electron chi connectivity index (χ3n) is 6.86. The molecule has 1 aliphatic carbocycles. The number of anilines is 1. The summed E-state index contributed by atoms with van der Waals surface area (Å²) < 4.78 is 1.86. The summed E-state index contributed by atoms with van der Waals surface area (Å²) >= 11 is 0. The standard InChI is InChI=1S/C25H27N5O2/c26-16-17-5-8-20(9-6-17)29-13-11-19(12-14-29)27-24(31)18-7-10-23-22(15-18)28-25(32)30(23)21-3-1-2-4-21/h5-10,15,19,21H,1-4,11-14H2,(H,27,31)(H,28,32). The van der Waals surface area contributed by atoms with Crippen molar-refractivity contribution in [2.75, 3.05) is 18.0 Å². The third kappa shape index (κ3) is 3.89. The molecule has 2 heterocycles. The van der Waals surface area contributed by atoms with Crippen LogP contribution in [0.1, 0.15) is 60.5 Å². The fourth-order valence-electron chi connectivity index (χ4n) is 5.09. The van der Waals surface area contributed by atoms with Crippen LogP contribution in [0.2, 0.25) is 0 Å². The molecule has 2 fully saturated rings. The van der Waals surface area contributed by atoms with Crippen molar-refractivity contribution >= 4 is 22.6 Å². The molecule has 2 aliphatic rings. The van der Waals surface area contributed by atoms with Gasteiger partial charge in [0.1, 0.15) is 0 Å². The van der Waals surface area contributed by atoms with E-state index >= 15 is 0 Å². The van der Waals surface area contributed by atoms with Crippen LogP contribution in [-0.4, -0.2) is 34.6 Å². The summed E-state index contributed by atoms with van der Waals surface area (Å²) in [6.45, 7) is 1.71. The smallest absolute Gasteiger partial charge is 0.326 e. The van der Waals surface area contributed by atoms with Crippen LogP contribution >= 0.6 is 0 Å². The topological polar surface area (TPSA) is 93.9 Å². The molecular weight excluding hydrogens is 402 g/mol. The van der Waals surface area contributed by atoms with Crippen molar-refractivity contribution in [1.29, 1.82) is 5.26 Å². The molecule has 1 saturated carbocycles. The molecule has 7 heteroatoms. The van der Waals surface area contributed by atoms with Gasteiger partial charge in [-0.05, 0) is 68.1 Å². The Balaban J connectivity index is 1.23. The Morgan fingerprint density at radius 3 is 2.44 bits per heavy atom. The Bertz CT molecular complexity index is 1220. The van der Waals surface area contributed by atoms with E-state index in [0.717, 1.165) is 68.3 Å². The van der Waals surface area contributed by atoms with Gasteiger partial charge in [0, 0.05) is 36.4 Å². The number of aromatic nitrogens is 2. The third-order valence-corrected chi connectivity index (χ3v) is 6.86. The van der Waals surface area contributed by atoms with Crippen LogP contribution in [-0.2, 0) is 0 Å². The molecule has 0 bridgehead atoms. The SMILES string of the molecule is N#Cc1ccc(N2CCC(NC(=O)c3ccc4c(c3)[nH]c(=O)n4C3CCCC3)CC2)cc1. The number of piperidine rings is 1. The Morgan fingerprint density at radius 1 is 1.03 bits per heavy atom. The number of nitrogens with zero attached hydrogens (tertiary/aromatic N) is 3. The van der Waals surface area contributed by atoms with Gasteiger partial charge in [0.05, 0.1) is 22.7 Å². The number of carbonyl (C=O) groups excluding carboxylic acids is 1. The molecule has 2 aromatic carbocycles. The zero-order chi connectivity index (χ0) is 22.1. The van der Waals surface area contributed by atoms with E-state index in [0.29, 0.717) is 11.1 Å². The molecule has 0 radical (unpaired) electrons. The normalized spacial score (nSPS) is 17.5. The van der Waals surface area contributed by atoms with Crippen LogP contribution in [0.3, 0.4) is 0 Å². The van der Waals surface area contributed by atoms with E-state index in [4.69, 9.17) is 5.26 Å². The average Bonchev–Trinajstić information content (AvgIpc) is 3.46. The first-order valence-electron chi connectivity index (χ1n) is 11.4. The number of aromatic amines is 1. The quantitative estimate of drug-likeness (QED) is 0.661. The van der Waals surface area contributed by atoms with Gasteiger partial charge in [-0.1, -0.05) is 12.8 Å². The Hall–Kier alpha value is -3.53. The number of carbonyl (C=O) groups is 1. The van der Waals surface area contributed by atoms with Gasteiger partial charge in [-0.25, -0.2) is 4.79 Å². The van der Waals surface area contributed by atoms with E-state index in [1.54, 1.807) is 6.07 Å². The molecule has 2 N–H and O–H groups in total. The highest BCUT2D eigenvalue weighted by atomic mass is 16.2. The summed E-state index contributed by atoms with van der Waals surface area (Å²) in [6.07, 6.45) is 6.13. The second-order valence-electron chi connectivity index (χ2n) is 8.86. The highest BCUT2D eigenvalue weighted by molar-refractivity contribution is 5.97. The molecule has 0 atom stereocenters. The molecule has 5 rings (SSSR count). The number of fused-ring (bicyclic) bond motifs is 1. The lowest BCUT2D eigenvalue weighted by molar-refractivity contribution is 0.0931. The summed E-state index contributed by atoms with van der Waals surface area (Å²) in [5.74, 6) is -0.0989. The van der Waals surface area contributed by atoms with Crippen LogP contribution in [0.15, 0.2) is 47.3 Å². The number of benzene rings is 2. The van der Waals surface area contributed by atoms with Gasteiger partial charge in [0.15, 0.2) is 0 Å². The van der Waals surface area contributed by atoms with Crippen molar-refractivity contribution in [1.82, 2.24) is 14.9 Å².